The van der Waals surface area contributed by atoms with E-state index in [9.17, 15) is 4.79 Å². The molecule has 1 amide bonds. The smallest absolute Gasteiger partial charge is 0.254 e. The summed E-state index contributed by atoms with van der Waals surface area (Å²) < 4.78 is 0. The molecule has 1 aromatic heterocycles. The summed E-state index contributed by atoms with van der Waals surface area (Å²) >= 11 is 0. The molecule has 0 spiro atoms. The monoisotopic (exact) mass is 193 g/mol. The van der Waals surface area contributed by atoms with E-state index in [1.165, 1.54) is 19.3 Å². The minimum absolute atomic E-state index is 0.0110. The second-order valence-corrected chi connectivity index (χ2v) is 3.92. The van der Waals surface area contributed by atoms with Gasteiger partial charge < -0.3 is 5.32 Å². The molecule has 0 aliphatic heterocycles. The molecule has 4 heteroatoms. The van der Waals surface area contributed by atoms with Crippen LogP contribution in [0.25, 0.3) is 0 Å². The van der Waals surface area contributed by atoms with Crippen molar-refractivity contribution in [2.24, 2.45) is 5.92 Å². The Kier molecular flexibility index (Phi) is 2.52. The lowest BCUT2D eigenvalue weighted by molar-refractivity contribution is 0.0938. The molecule has 2 rings (SSSR count). The average Bonchev–Trinajstić information content (AvgIpc) is 2.48. The van der Waals surface area contributed by atoms with Gasteiger partial charge in [-0.05, 0) is 25.7 Å². The van der Waals surface area contributed by atoms with E-state index in [2.05, 4.69) is 15.5 Å². The zero-order valence-electron chi connectivity index (χ0n) is 8.34. The van der Waals surface area contributed by atoms with Crippen molar-refractivity contribution in [2.45, 2.75) is 26.2 Å². The highest BCUT2D eigenvalue weighted by Crippen LogP contribution is 2.25. The van der Waals surface area contributed by atoms with E-state index >= 15 is 0 Å². The van der Waals surface area contributed by atoms with Gasteiger partial charge in [0.05, 0.1) is 11.8 Å². The molecule has 0 radical (unpaired) electrons. The number of carbonyl (C=O) groups excluding carboxylic acids is 1. The number of nitrogens with one attached hydrogen (secondary N) is 2. The number of amides is 1. The van der Waals surface area contributed by atoms with Crippen LogP contribution in [-0.4, -0.2) is 22.6 Å². The third-order valence-corrected chi connectivity index (χ3v) is 2.85. The van der Waals surface area contributed by atoms with Crippen LogP contribution in [0.1, 0.15) is 35.3 Å². The van der Waals surface area contributed by atoms with E-state index < -0.39 is 0 Å². The van der Waals surface area contributed by atoms with E-state index in [-0.39, 0.29) is 5.91 Å². The van der Waals surface area contributed by atoms with Crippen molar-refractivity contribution in [1.82, 2.24) is 15.5 Å². The van der Waals surface area contributed by atoms with Gasteiger partial charge in [-0.2, -0.15) is 5.10 Å². The van der Waals surface area contributed by atoms with E-state index in [0.717, 1.165) is 12.2 Å². The zero-order chi connectivity index (χ0) is 9.97. The lowest BCUT2D eigenvalue weighted by Gasteiger charge is -2.25. The van der Waals surface area contributed by atoms with Gasteiger partial charge in [-0.15, -0.1) is 0 Å². The maximum Gasteiger partial charge on any atom is 0.254 e. The van der Waals surface area contributed by atoms with Gasteiger partial charge in [-0.25, -0.2) is 0 Å². The molecule has 0 aromatic carbocycles. The molecule has 1 heterocycles. The lowest BCUT2D eigenvalue weighted by atomic mass is 9.85. The Morgan fingerprint density at radius 2 is 2.50 bits per heavy atom. The average molecular weight is 193 g/mol. The lowest BCUT2D eigenvalue weighted by Crippen LogP contribution is -2.32. The number of H-pyrrole nitrogens is 1. The fraction of sp³-hybridized carbons (Fsp3) is 0.600. The molecule has 76 valence electrons. The van der Waals surface area contributed by atoms with Gasteiger partial charge in [0.25, 0.3) is 5.91 Å². The summed E-state index contributed by atoms with van der Waals surface area (Å²) in [5.41, 5.74) is 1.49. The number of hydrogen-bond donors (Lipinski definition) is 2. The Bertz CT molecular complexity index is 328. The Labute approximate surface area is 83.1 Å². The van der Waals surface area contributed by atoms with Crippen molar-refractivity contribution >= 4 is 5.91 Å². The third kappa shape index (κ3) is 1.78. The van der Waals surface area contributed by atoms with Crippen LogP contribution in [0.4, 0.5) is 0 Å². The van der Waals surface area contributed by atoms with Gasteiger partial charge >= 0.3 is 0 Å². The summed E-state index contributed by atoms with van der Waals surface area (Å²) in [5, 5.41) is 9.50. The predicted molar refractivity (Wildman–Crippen MR) is 53.0 cm³/mol. The number of rotatable bonds is 3. The van der Waals surface area contributed by atoms with Gasteiger partial charge in [0, 0.05) is 12.2 Å². The van der Waals surface area contributed by atoms with Crippen molar-refractivity contribution in [3.63, 3.8) is 0 Å². The fourth-order valence-corrected chi connectivity index (χ4v) is 1.61. The molecule has 14 heavy (non-hydrogen) atoms. The number of aryl methyl sites for hydroxylation is 1. The Hall–Kier alpha value is -1.32. The first-order chi connectivity index (χ1) is 6.77. The number of aromatic amines is 1. The van der Waals surface area contributed by atoms with Crippen LogP contribution in [0.3, 0.4) is 0 Å². The minimum atomic E-state index is -0.0110. The highest BCUT2D eigenvalue weighted by molar-refractivity contribution is 5.94. The Morgan fingerprint density at radius 1 is 1.71 bits per heavy atom. The SMILES string of the molecule is Cc1[nH]ncc1C(=O)NCC1CCC1. The standard InChI is InChI=1S/C10H15N3O/c1-7-9(6-12-13-7)10(14)11-5-8-3-2-4-8/h6,8H,2-5H2,1H3,(H,11,14)(H,12,13). The van der Waals surface area contributed by atoms with E-state index in [0.29, 0.717) is 11.5 Å². The number of hydrogen-bond acceptors (Lipinski definition) is 2. The van der Waals surface area contributed by atoms with Crippen LogP contribution in [0, 0.1) is 12.8 Å². The van der Waals surface area contributed by atoms with Crippen LogP contribution >= 0.6 is 0 Å². The van der Waals surface area contributed by atoms with Crippen molar-refractivity contribution in [2.75, 3.05) is 6.54 Å². The largest absolute Gasteiger partial charge is 0.352 e. The molecule has 1 aliphatic rings. The molecule has 1 aliphatic carbocycles. The van der Waals surface area contributed by atoms with Crippen molar-refractivity contribution in [3.05, 3.63) is 17.5 Å². The van der Waals surface area contributed by atoms with Gasteiger partial charge in [0.2, 0.25) is 0 Å². The first kappa shape index (κ1) is 9.24. The molecule has 0 saturated heterocycles. The Morgan fingerprint density at radius 3 is 3.00 bits per heavy atom. The van der Waals surface area contributed by atoms with Crippen LogP contribution in [0.5, 0.6) is 0 Å². The number of carbonyl (C=O) groups is 1. The predicted octanol–water partition coefficient (Wildman–Crippen LogP) is 1.25. The number of nitrogens with zero attached hydrogens (tertiary/aromatic N) is 1. The second kappa shape index (κ2) is 3.82. The minimum Gasteiger partial charge on any atom is -0.352 e. The first-order valence-corrected chi connectivity index (χ1v) is 5.05. The van der Waals surface area contributed by atoms with E-state index in [1.807, 2.05) is 6.92 Å². The maximum atomic E-state index is 11.6. The highest BCUT2D eigenvalue weighted by Gasteiger charge is 2.19. The van der Waals surface area contributed by atoms with Crippen molar-refractivity contribution in [3.8, 4) is 0 Å². The van der Waals surface area contributed by atoms with Crippen LogP contribution in [-0.2, 0) is 0 Å². The van der Waals surface area contributed by atoms with E-state index in [1.54, 1.807) is 6.20 Å². The van der Waals surface area contributed by atoms with Gasteiger partial charge in [-0.1, -0.05) is 6.42 Å². The summed E-state index contributed by atoms with van der Waals surface area (Å²) in [4.78, 5) is 11.6. The fourth-order valence-electron chi connectivity index (χ4n) is 1.61. The molecule has 0 atom stereocenters. The molecule has 1 fully saturated rings. The Balaban J connectivity index is 1.86. The van der Waals surface area contributed by atoms with E-state index in [4.69, 9.17) is 0 Å². The molecule has 1 saturated carbocycles. The molecule has 4 nitrogen and oxygen atoms in total. The molecular formula is C10H15N3O. The summed E-state index contributed by atoms with van der Waals surface area (Å²) in [7, 11) is 0. The summed E-state index contributed by atoms with van der Waals surface area (Å²) in [6.07, 6.45) is 5.39. The highest BCUT2D eigenvalue weighted by atomic mass is 16.1. The van der Waals surface area contributed by atoms with Crippen LogP contribution in [0.15, 0.2) is 6.20 Å². The second-order valence-electron chi connectivity index (χ2n) is 3.92. The van der Waals surface area contributed by atoms with Crippen molar-refractivity contribution < 1.29 is 4.79 Å². The van der Waals surface area contributed by atoms with Crippen LogP contribution in [0.2, 0.25) is 0 Å². The number of aromatic nitrogens is 2. The molecule has 0 bridgehead atoms. The van der Waals surface area contributed by atoms with Gasteiger partial charge in [0.15, 0.2) is 0 Å². The molecule has 1 aromatic rings. The molecule has 0 unspecified atom stereocenters. The quantitative estimate of drug-likeness (QED) is 0.759. The summed E-state index contributed by atoms with van der Waals surface area (Å²) in [5.74, 6) is 0.689. The maximum absolute atomic E-state index is 11.6. The molecular weight excluding hydrogens is 178 g/mol. The zero-order valence-corrected chi connectivity index (χ0v) is 8.34. The van der Waals surface area contributed by atoms with Crippen LogP contribution < -0.4 is 5.32 Å². The normalized spacial score (nSPS) is 16.4. The van der Waals surface area contributed by atoms with Gasteiger partial charge in [0.1, 0.15) is 0 Å². The molecule has 2 N–H and O–H groups in total. The summed E-state index contributed by atoms with van der Waals surface area (Å²) in [6.45, 7) is 2.66. The third-order valence-electron chi connectivity index (χ3n) is 2.85. The van der Waals surface area contributed by atoms with Gasteiger partial charge in [-0.3, -0.25) is 9.89 Å². The van der Waals surface area contributed by atoms with Crippen molar-refractivity contribution in [1.29, 1.82) is 0 Å². The topological polar surface area (TPSA) is 57.8 Å². The summed E-state index contributed by atoms with van der Waals surface area (Å²) in [6, 6.07) is 0. The first-order valence-electron chi connectivity index (χ1n) is 5.05.